The van der Waals surface area contributed by atoms with Crippen LogP contribution in [-0.4, -0.2) is 4.98 Å². The van der Waals surface area contributed by atoms with Crippen molar-refractivity contribution in [2.75, 3.05) is 9.80 Å². The van der Waals surface area contributed by atoms with Gasteiger partial charge in [0.1, 0.15) is 0 Å². The standard InChI is InChI=1S/C45H29N3S2/c1-4-15-31(16-5-1)47(32-17-6-2-7-18-32)43-37(27-28-40-41(43)36-26-25-30-14-13-29-46-42(30)45(36)50-40)48(33-19-8-3-9-20-33)38-23-12-22-35-34-21-10-11-24-39(34)49-44(35)38/h1-29H. The summed E-state index contributed by atoms with van der Waals surface area (Å²) in [5, 5.41) is 6.13. The number of nitrogens with zero attached hydrogens (tertiary/aromatic N) is 3. The van der Waals surface area contributed by atoms with Crippen molar-refractivity contribution < 1.29 is 0 Å². The Kier molecular flexibility index (Phi) is 6.86. The fraction of sp³-hybridized carbons (Fsp3) is 0. The summed E-state index contributed by atoms with van der Waals surface area (Å²) in [4.78, 5) is 9.80. The number of para-hydroxylation sites is 3. The molecule has 0 saturated carbocycles. The molecule has 50 heavy (non-hydrogen) atoms. The molecule has 0 amide bonds. The van der Waals surface area contributed by atoms with E-state index in [1.807, 2.05) is 34.9 Å². The zero-order valence-electron chi connectivity index (χ0n) is 26.9. The van der Waals surface area contributed by atoms with Gasteiger partial charge in [-0.1, -0.05) is 103 Å². The predicted octanol–water partition coefficient (Wildman–Crippen LogP) is 13.9. The molecule has 0 fully saturated rings. The van der Waals surface area contributed by atoms with Crippen molar-refractivity contribution in [2.45, 2.75) is 0 Å². The summed E-state index contributed by atoms with van der Waals surface area (Å²) < 4.78 is 4.98. The Balaban J connectivity index is 1.38. The maximum atomic E-state index is 4.89. The first-order valence-corrected chi connectivity index (χ1v) is 18.4. The predicted molar refractivity (Wildman–Crippen MR) is 217 cm³/mol. The number of rotatable bonds is 6. The van der Waals surface area contributed by atoms with Gasteiger partial charge in [0, 0.05) is 59.6 Å². The van der Waals surface area contributed by atoms with Gasteiger partial charge >= 0.3 is 0 Å². The van der Waals surface area contributed by atoms with Crippen LogP contribution in [0.25, 0.3) is 51.2 Å². The Morgan fingerprint density at radius 2 is 1.04 bits per heavy atom. The molecule has 0 saturated heterocycles. The summed E-state index contributed by atoms with van der Waals surface area (Å²) in [5.41, 5.74) is 7.72. The quantitative estimate of drug-likeness (QED) is 0.175. The van der Waals surface area contributed by atoms with Crippen LogP contribution in [0.2, 0.25) is 0 Å². The fourth-order valence-electron chi connectivity index (χ4n) is 7.30. The molecule has 0 N–H and O–H groups in total. The minimum absolute atomic E-state index is 1.04. The van der Waals surface area contributed by atoms with Crippen LogP contribution in [0.5, 0.6) is 0 Å². The van der Waals surface area contributed by atoms with Gasteiger partial charge in [-0.3, -0.25) is 4.98 Å². The third-order valence-electron chi connectivity index (χ3n) is 9.46. The Labute approximate surface area is 297 Å². The molecule has 0 aliphatic rings. The number of fused-ring (bicyclic) bond motifs is 8. The van der Waals surface area contributed by atoms with Crippen LogP contribution in [0.3, 0.4) is 0 Å². The second-order valence-corrected chi connectivity index (χ2v) is 14.5. The molecule has 236 valence electrons. The molecule has 0 radical (unpaired) electrons. The number of pyridine rings is 1. The van der Waals surface area contributed by atoms with Crippen molar-refractivity contribution in [1.82, 2.24) is 4.98 Å². The van der Waals surface area contributed by atoms with E-state index in [1.54, 1.807) is 0 Å². The number of aromatic nitrogens is 1. The lowest BCUT2D eigenvalue weighted by Crippen LogP contribution is -2.17. The second-order valence-electron chi connectivity index (χ2n) is 12.4. The molecule has 0 aliphatic heterocycles. The molecule has 0 unspecified atom stereocenters. The largest absolute Gasteiger partial charge is 0.308 e. The van der Waals surface area contributed by atoms with Crippen molar-refractivity contribution in [3.8, 4) is 0 Å². The van der Waals surface area contributed by atoms with Crippen molar-refractivity contribution in [1.29, 1.82) is 0 Å². The lowest BCUT2D eigenvalue weighted by Gasteiger charge is -2.34. The smallest absolute Gasteiger partial charge is 0.0880 e. The molecule has 0 spiro atoms. The van der Waals surface area contributed by atoms with E-state index in [4.69, 9.17) is 4.98 Å². The van der Waals surface area contributed by atoms with Gasteiger partial charge in [0.05, 0.1) is 32.0 Å². The van der Waals surface area contributed by atoms with Crippen molar-refractivity contribution in [3.63, 3.8) is 0 Å². The van der Waals surface area contributed by atoms with Gasteiger partial charge in [-0.25, -0.2) is 0 Å². The molecule has 3 heterocycles. The number of thiophene rings is 2. The van der Waals surface area contributed by atoms with Gasteiger partial charge in [0.25, 0.3) is 0 Å². The molecule has 3 nitrogen and oxygen atoms in total. The Bertz CT molecular complexity index is 2790. The van der Waals surface area contributed by atoms with Gasteiger partial charge in [0.15, 0.2) is 0 Å². The van der Waals surface area contributed by atoms with E-state index in [0.29, 0.717) is 0 Å². The minimum Gasteiger partial charge on any atom is -0.308 e. The zero-order chi connectivity index (χ0) is 33.0. The summed E-state index contributed by atoms with van der Waals surface area (Å²) in [7, 11) is 0. The molecule has 0 bridgehead atoms. The van der Waals surface area contributed by atoms with Crippen molar-refractivity contribution >= 4 is 108 Å². The van der Waals surface area contributed by atoms with Crippen molar-refractivity contribution in [3.05, 3.63) is 176 Å². The van der Waals surface area contributed by atoms with Crippen LogP contribution in [0.15, 0.2) is 176 Å². The highest BCUT2D eigenvalue weighted by Gasteiger charge is 2.28. The summed E-state index contributed by atoms with van der Waals surface area (Å²) in [6, 6.07) is 61.1. The number of anilines is 6. The van der Waals surface area contributed by atoms with Crippen LogP contribution in [0, 0.1) is 0 Å². The summed E-state index contributed by atoms with van der Waals surface area (Å²) in [5.74, 6) is 0. The molecule has 10 rings (SSSR count). The molecule has 7 aromatic carbocycles. The van der Waals surface area contributed by atoms with E-state index in [0.717, 1.165) is 45.0 Å². The Morgan fingerprint density at radius 3 is 1.78 bits per heavy atom. The van der Waals surface area contributed by atoms with Gasteiger partial charge in [-0.2, -0.15) is 0 Å². The van der Waals surface area contributed by atoms with Crippen LogP contribution in [-0.2, 0) is 0 Å². The van der Waals surface area contributed by atoms with Crippen LogP contribution >= 0.6 is 22.7 Å². The first-order chi connectivity index (χ1) is 24.8. The summed E-state index contributed by atoms with van der Waals surface area (Å²) in [6.45, 7) is 0. The lowest BCUT2D eigenvalue weighted by molar-refractivity contribution is 1.25. The molecule has 5 heteroatoms. The van der Waals surface area contributed by atoms with Gasteiger partial charge in [-0.05, 0) is 66.7 Å². The molecule has 0 aliphatic carbocycles. The van der Waals surface area contributed by atoms with Crippen LogP contribution < -0.4 is 9.80 Å². The van der Waals surface area contributed by atoms with E-state index < -0.39 is 0 Å². The van der Waals surface area contributed by atoms with Gasteiger partial charge in [-0.15, -0.1) is 22.7 Å². The van der Waals surface area contributed by atoms with E-state index in [1.165, 1.54) is 40.3 Å². The van der Waals surface area contributed by atoms with Gasteiger partial charge < -0.3 is 9.80 Å². The highest BCUT2D eigenvalue weighted by atomic mass is 32.1. The van der Waals surface area contributed by atoms with E-state index in [9.17, 15) is 0 Å². The number of hydrogen-bond donors (Lipinski definition) is 0. The summed E-state index contributed by atoms with van der Waals surface area (Å²) >= 11 is 3.69. The van der Waals surface area contributed by atoms with Crippen molar-refractivity contribution in [2.24, 2.45) is 0 Å². The highest BCUT2D eigenvalue weighted by Crippen LogP contribution is 2.54. The SMILES string of the molecule is c1ccc(N(c2ccc3sc4c(ccc5cccnc54)c3c2N(c2ccccc2)c2ccccc2)c2cccc3c2sc2ccccc23)cc1. The maximum Gasteiger partial charge on any atom is 0.0880 e. The average molecular weight is 676 g/mol. The third-order valence-corrected chi connectivity index (χ3v) is 11.8. The molecule has 0 atom stereocenters. The lowest BCUT2D eigenvalue weighted by atomic mass is 10.0. The summed E-state index contributed by atoms with van der Waals surface area (Å²) in [6.07, 6.45) is 1.90. The number of hydrogen-bond acceptors (Lipinski definition) is 5. The monoisotopic (exact) mass is 675 g/mol. The first-order valence-electron chi connectivity index (χ1n) is 16.7. The molecular formula is C45H29N3S2. The second kappa shape index (κ2) is 11.8. The molecule has 10 aromatic rings. The Hall–Kier alpha value is -6.01. The van der Waals surface area contributed by atoms with E-state index >= 15 is 0 Å². The third kappa shape index (κ3) is 4.59. The number of benzene rings is 7. The van der Waals surface area contributed by atoms with Gasteiger partial charge in [0.2, 0.25) is 0 Å². The average Bonchev–Trinajstić information content (AvgIpc) is 3.77. The fourth-order valence-corrected chi connectivity index (χ4v) is 9.72. The normalized spacial score (nSPS) is 11.6. The molecular weight excluding hydrogens is 647 g/mol. The zero-order valence-corrected chi connectivity index (χ0v) is 28.5. The Morgan fingerprint density at radius 1 is 0.400 bits per heavy atom. The molecule has 3 aromatic heterocycles. The maximum absolute atomic E-state index is 4.89. The minimum atomic E-state index is 1.04. The highest BCUT2D eigenvalue weighted by molar-refractivity contribution is 7.27. The van der Waals surface area contributed by atoms with Crippen LogP contribution in [0.4, 0.5) is 34.1 Å². The van der Waals surface area contributed by atoms with Crippen LogP contribution in [0.1, 0.15) is 0 Å². The topological polar surface area (TPSA) is 19.4 Å². The first kappa shape index (κ1) is 29.0. The van der Waals surface area contributed by atoms with E-state index in [2.05, 4.69) is 174 Å². The van der Waals surface area contributed by atoms with E-state index in [-0.39, 0.29) is 0 Å².